The molecule has 0 saturated carbocycles. The van der Waals surface area contributed by atoms with E-state index in [0.29, 0.717) is 5.75 Å². The van der Waals surface area contributed by atoms with Crippen molar-refractivity contribution in [2.45, 2.75) is 46.2 Å². The van der Waals surface area contributed by atoms with E-state index in [1.807, 2.05) is 13.8 Å². The van der Waals surface area contributed by atoms with E-state index in [2.05, 4.69) is 17.3 Å². The minimum Gasteiger partial charge on any atom is -0.480 e. The first kappa shape index (κ1) is 13.5. The monoisotopic (exact) mass is 239 g/mol. The zero-order valence-corrected chi connectivity index (χ0v) is 10.8. The van der Waals surface area contributed by atoms with Gasteiger partial charge in [0.05, 0.1) is 12.4 Å². The van der Waals surface area contributed by atoms with Crippen LogP contribution in [0.25, 0.3) is 0 Å². The zero-order chi connectivity index (χ0) is 12.7. The molecule has 1 aromatic heterocycles. The molecule has 1 atom stereocenters. The van der Waals surface area contributed by atoms with E-state index in [1.165, 1.54) is 0 Å². The molecule has 17 heavy (non-hydrogen) atoms. The summed E-state index contributed by atoms with van der Waals surface area (Å²) in [6, 6.07) is 0.203. The third-order valence-electron chi connectivity index (χ3n) is 2.43. The van der Waals surface area contributed by atoms with Gasteiger partial charge in [-0.15, -0.1) is 0 Å². The van der Waals surface area contributed by atoms with Crippen LogP contribution in [-0.4, -0.2) is 28.3 Å². The Morgan fingerprint density at radius 2 is 2.35 bits per heavy atom. The SMILES string of the molecule is CCCC(C)NC(=O)COc1cnn(CC)c1. The highest BCUT2D eigenvalue weighted by molar-refractivity contribution is 5.77. The number of nitrogens with one attached hydrogen (secondary N) is 1. The lowest BCUT2D eigenvalue weighted by molar-refractivity contribution is -0.123. The van der Waals surface area contributed by atoms with E-state index in [-0.39, 0.29) is 18.6 Å². The van der Waals surface area contributed by atoms with Gasteiger partial charge >= 0.3 is 0 Å². The van der Waals surface area contributed by atoms with Gasteiger partial charge in [0.25, 0.3) is 5.91 Å². The fourth-order valence-electron chi connectivity index (χ4n) is 1.56. The summed E-state index contributed by atoms with van der Waals surface area (Å²) in [7, 11) is 0. The molecule has 0 aliphatic carbocycles. The smallest absolute Gasteiger partial charge is 0.258 e. The summed E-state index contributed by atoms with van der Waals surface area (Å²) in [5.74, 6) is 0.542. The quantitative estimate of drug-likeness (QED) is 0.786. The van der Waals surface area contributed by atoms with Crippen molar-refractivity contribution in [1.82, 2.24) is 15.1 Å². The maximum absolute atomic E-state index is 11.5. The number of aromatic nitrogens is 2. The Morgan fingerprint density at radius 1 is 1.59 bits per heavy atom. The topological polar surface area (TPSA) is 56.1 Å². The number of hydrogen-bond donors (Lipinski definition) is 1. The third-order valence-corrected chi connectivity index (χ3v) is 2.43. The summed E-state index contributed by atoms with van der Waals surface area (Å²) in [4.78, 5) is 11.5. The number of carbonyl (C=O) groups excluding carboxylic acids is 1. The number of carbonyl (C=O) groups is 1. The third kappa shape index (κ3) is 4.89. The first-order valence-corrected chi connectivity index (χ1v) is 6.10. The van der Waals surface area contributed by atoms with Gasteiger partial charge < -0.3 is 10.1 Å². The van der Waals surface area contributed by atoms with E-state index in [0.717, 1.165) is 19.4 Å². The van der Waals surface area contributed by atoms with E-state index in [9.17, 15) is 4.79 Å². The standard InChI is InChI=1S/C12H21N3O2/c1-4-6-10(3)14-12(16)9-17-11-7-13-15(5-2)8-11/h7-8,10H,4-6,9H2,1-3H3,(H,14,16). The van der Waals surface area contributed by atoms with E-state index < -0.39 is 0 Å². The molecule has 1 rings (SSSR count). The second kappa shape index (κ2) is 6.93. The van der Waals surface area contributed by atoms with Gasteiger partial charge in [-0.1, -0.05) is 13.3 Å². The summed E-state index contributed by atoms with van der Waals surface area (Å²) >= 11 is 0. The van der Waals surface area contributed by atoms with Crippen LogP contribution in [0, 0.1) is 0 Å². The van der Waals surface area contributed by atoms with Crippen molar-refractivity contribution in [2.75, 3.05) is 6.61 Å². The van der Waals surface area contributed by atoms with Gasteiger partial charge in [-0.25, -0.2) is 0 Å². The number of ether oxygens (including phenoxy) is 1. The molecule has 1 unspecified atom stereocenters. The van der Waals surface area contributed by atoms with E-state index in [4.69, 9.17) is 4.74 Å². The Morgan fingerprint density at radius 3 is 2.94 bits per heavy atom. The maximum Gasteiger partial charge on any atom is 0.258 e. The molecule has 0 bridgehead atoms. The molecule has 0 saturated heterocycles. The van der Waals surface area contributed by atoms with Crippen LogP contribution in [0.5, 0.6) is 5.75 Å². The zero-order valence-electron chi connectivity index (χ0n) is 10.8. The van der Waals surface area contributed by atoms with E-state index in [1.54, 1.807) is 17.1 Å². The molecule has 1 aromatic rings. The average molecular weight is 239 g/mol. The minimum atomic E-state index is -0.0878. The van der Waals surface area contributed by atoms with Crippen molar-refractivity contribution in [3.05, 3.63) is 12.4 Å². The largest absolute Gasteiger partial charge is 0.480 e. The fourth-order valence-corrected chi connectivity index (χ4v) is 1.56. The van der Waals surface area contributed by atoms with Gasteiger partial charge in [-0.3, -0.25) is 9.48 Å². The lowest BCUT2D eigenvalue weighted by Crippen LogP contribution is -2.35. The van der Waals surface area contributed by atoms with Crippen molar-refractivity contribution in [3.63, 3.8) is 0 Å². The number of amides is 1. The molecule has 1 N–H and O–H groups in total. The van der Waals surface area contributed by atoms with Gasteiger partial charge in [0, 0.05) is 12.6 Å². The lowest BCUT2D eigenvalue weighted by atomic mass is 10.2. The molecular formula is C12H21N3O2. The second-order valence-corrected chi connectivity index (χ2v) is 4.08. The molecular weight excluding hydrogens is 218 g/mol. The molecule has 0 fully saturated rings. The number of rotatable bonds is 7. The predicted octanol–water partition coefficient (Wildman–Crippen LogP) is 1.59. The maximum atomic E-state index is 11.5. The predicted molar refractivity (Wildman–Crippen MR) is 65.9 cm³/mol. The first-order chi connectivity index (χ1) is 8.15. The van der Waals surface area contributed by atoms with Crippen LogP contribution in [0.1, 0.15) is 33.6 Å². The first-order valence-electron chi connectivity index (χ1n) is 6.10. The summed E-state index contributed by atoms with van der Waals surface area (Å²) < 4.78 is 7.09. The highest BCUT2D eigenvalue weighted by Gasteiger charge is 2.07. The normalized spacial score (nSPS) is 12.2. The second-order valence-electron chi connectivity index (χ2n) is 4.08. The molecule has 5 heteroatoms. The molecule has 0 aliphatic heterocycles. The Balaban J connectivity index is 2.27. The van der Waals surface area contributed by atoms with Crippen LogP contribution in [0.4, 0.5) is 0 Å². The van der Waals surface area contributed by atoms with Gasteiger partial charge in [0.15, 0.2) is 12.4 Å². The summed E-state index contributed by atoms with van der Waals surface area (Å²) in [6.45, 7) is 6.93. The average Bonchev–Trinajstić information content (AvgIpc) is 2.74. The van der Waals surface area contributed by atoms with Crippen LogP contribution in [0.2, 0.25) is 0 Å². The van der Waals surface area contributed by atoms with Crippen LogP contribution in [-0.2, 0) is 11.3 Å². The van der Waals surface area contributed by atoms with Crippen LogP contribution in [0.15, 0.2) is 12.4 Å². The van der Waals surface area contributed by atoms with Crippen molar-refractivity contribution < 1.29 is 9.53 Å². The Bertz CT molecular complexity index is 349. The molecule has 0 aliphatic rings. The van der Waals surface area contributed by atoms with Crippen molar-refractivity contribution in [1.29, 1.82) is 0 Å². The van der Waals surface area contributed by atoms with Crippen LogP contribution in [0.3, 0.4) is 0 Å². The molecule has 5 nitrogen and oxygen atoms in total. The van der Waals surface area contributed by atoms with E-state index >= 15 is 0 Å². The Kier molecular flexibility index (Phi) is 5.52. The van der Waals surface area contributed by atoms with Crippen molar-refractivity contribution in [2.24, 2.45) is 0 Å². The molecule has 1 heterocycles. The lowest BCUT2D eigenvalue weighted by Gasteiger charge is -2.12. The van der Waals surface area contributed by atoms with Crippen LogP contribution >= 0.6 is 0 Å². The Hall–Kier alpha value is -1.52. The summed E-state index contributed by atoms with van der Waals surface area (Å²) in [5, 5.41) is 6.94. The molecule has 0 aromatic carbocycles. The van der Waals surface area contributed by atoms with Gasteiger partial charge in [0.1, 0.15) is 0 Å². The highest BCUT2D eigenvalue weighted by atomic mass is 16.5. The summed E-state index contributed by atoms with van der Waals surface area (Å²) in [6.07, 6.45) is 5.44. The highest BCUT2D eigenvalue weighted by Crippen LogP contribution is 2.07. The number of aryl methyl sites for hydroxylation is 1. The van der Waals surface area contributed by atoms with Crippen molar-refractivity contribution >= 4 is 5.91 Å². The molecule has 0 spiro atoms. The summed E-state index contributed by atoms with van der Waals surface area (Å²) in [5.41, 5.74) is 0. The Labute approximate surface area is 102 Å². The van der Waals surface area contributed by atoms with Gasteiger partial charge in [-0.05, 0) is 20.3 Å². The number of hydrogen-bond acceptors (Lipinski definition) is 3. The molecule has 96 valence electrons. The van der Waals surface area contributed by atoms with Gasteiger partial charge in [-0.2, -0.15) is 5.10 Å². The van der Waals surface area contributed by atoms with Crippen molar-refractivity contribution in [3.8, 4) is 5.75 Å². The number of nitrogens with zero attached hydrogens (tertiary/aromatic N) is 2. The fraction of sp³-hybridized carbons (Fsp3) is 0.667. The minimum absolute atomic E-state index is 0.0451. The van der Waals surface area contributed by atoms with Crippen LogP contribution < -0.4 is 10.1 Å². The van der Waals surface area contributed by atoms with Gasteiger partial charge in [0.2, 0.25) is 0 Å². The molecule has 0 radical (unpaired) electrons. The molecule has 1 amide bonds.